The standard InChI is InChI=1S/C13H23N3O4S/c1-5-10-16(8(7-21-10)11(18)19)12(20)14-6-9(17)15-13(2,3)4/h8,10H,5-7H2,1-4H3,(H,14,20)(H,15,17)(H,18,19). The second-order valence-electron chi connectivity index (χ2n) is 5.91. The van der Waals surface area contributed by atoms with Gasteiger partial charge in [-0.25, -0.2) is 9.59 Å². The second kappa shape index (κ2) is 7.02. The minimum absolute atomic E-state index is 0.167. The van der Waals surface area contributed by atoms with E-state index in [1.165, 1.54) is 16.7 Å². The van der Waals surface area contributed by atoms with E-state index in [-0.39, 0.29) is 23.4 Å². The second-order valence-corrected chi connectivity index (χ2v) is 7.13. The van der Waals surface area contributed by atoms with Crippen LogP contribution >= 0.6 is 11.8 Å². The molecule has 120 valence electrons. The van der Waals surface area contributed by atoms with Gasteiger partial charge in [0.05, 0.1) is 11.9 Å². The fourth-order valence-corrected chi connectivity index (χ4v) is 3.40. The molecule has 21 heavy (non-hydrogen) atoms. The zero-order valence-corrected chi connectivity index (χ0v) is 13.6. The molecule has 3 amide bonds. The van der Waals surface area contributed by atoms with Gasteiger partial charge >= 0.3 is 12.0 Å². The van der Waals surface area contributed by atoms with E-state index in [2.05, 4.69) is 10.6 Å². The first-order valence-electron chi connectivity index (χ1n) is 6.87. The number of carbonyl (C=O) groups is 3. The van der Waals surface area contributed by atoms with Gasteiger partial charge in [0.15, 0.2) is 0 Å². The topological polar surface area (TPSA) is 98.7 Å². The van der Waals surface area contributed by atoms with Crippen molar-refractivity contribution in [2.24, 2.45) is 0 Å². The number of nitrogens with one attached hydrogen (secondary N) is 2. The molecule has 0 aromatic rings. The molecule has 0 aliphatic carbocycles. The van der Waals surface area contributed by atoms with E-state index in [4.69, 9.17) is 5.11 Å². The Morgan fingerprint density at radius 3 is 2.43 bits per heavy atom. The van der Waals surface area contributed by atoms with E-state index in [0.717, 1.165) is 0 Å². The average Bonchev–Trinajstić information content (AvgIpc) is 2.77. The van der Waals surface area contributed by atoms with Gasteiger partial charge in [-0.1, -0.05) is 6.92 Å². The van der Waals surface area contributed by atoms with Crippen molar-refractivity contribution in [2.45, 2.75) is 51.1 Å². The molecule has 0 spiro atoms. The minimum atomic E-state index is -1.02. The maximum atomic E-state index is 12.2. The third-order valence-electron chi connectivity index (χ3n) is 2.88. The Morgan fingerprint density at radius 2 is 1.95 bits per heavy atom. The number of carbonyl (C=O) groups excluding carboxylic acids is 2. The Labute approximate surface area is 128 Å². The summed E-state index contributed by atoms with van der Waals surface area (Å²) in [7, 11) is 0. The molecule has 1 saturated heterocycles. The van der Waals surface area contributed by atoms with E-state index in [1.54, 1.807) is 0 Å². The molecule has 2 atom stereocenters. The molecule has 0 aromatic heterocycles. The molecule has 2 unspecified atom stereocenters. The highest BCUT2D eigenvalue weighted by Gasteiger charge is 2.40. The van der Waals surface area contributed by atoms with Crippen LogP contribution in [0.25, 0.3) is 0 Å². The lowest BCUT2D eigenvalue weighted by atomic mass is 10.1. The summed E-state index contributed by atoms with van der Waals surface area (Å²) in [5.41, 5.74) is -0.374. The van der Waals surface area contributed by atoms with E-state index in [1.807, 2.05) is 27.7 Å². The summed E-state index contributed by atoms with van der Waals surface area (Å²) in [4.78, 5) is 36.3. The van der Waals surface area contributed by atoms with Crippen molar-refractivity contribution in [3.63, 3.8) is 0 Å². The molecule has 1 aliphatic heterocycles. The van der Waals surface area contributed by atoms with Crippen molar-refractivity contribution in [3.8, 4) is 0 Å². The summed E-state index contributed by atoms with van der Waals surface area (Å²) >= 11 is 1.44. The lowest BCUT2D eigenvalue weighted by Crippen LogP contribution is -2.53. The van der Waals surface area contributed by atoms with Crippen molar-refractivity contribution in [1.29, 1.82) is 0 Å². The normalized spacial score (nSPS) is 22.0. The molecular formula is C13H23N3O4S. The lowest BCUT2D eigenvalue weighted by Gasteiger charge is -2.27. The van der Waals surface area contributed by atoms with E-state index in [9.17, 15) is 14.4 Å². The Bertz CT molecular complexity index is 422. The third-order valence-corrected chi connectivity index (χ3v) is 4.33. The summed E-state index contributed by atoms with van der Waals surface area (Å²) in [6, 6.07) is -1.35. The molecule has 7 nitrogen and oxygen atoms in total. The molecule has 0 radical (unpaired) electrons. The van der Waals surface area contributed by atoms with Gasteiger partial charge in [0, 0.05) is 11.3 Å². The zero-order chi connectivity index (χ0) is 16.2. The number of thioether (sulfide) groups is 1. The number of urea groups is 1. The van der Waals surface area contributed by atoms with Gasteiger partial charge in [-0.3, -0.25) is 9.69 Å². The fourth-order valence-electron chi connectivity index (χ4n) is 2.05. The first-order chi connectivity index (χ1) is 9.65. The smallest absolute Gasteiger partial charge is 0.327 e. The molecule has 1 heterocycles. The molecule has 8 heteroatoms. The van der Waals surface area contributed by atoms with Gasteiger partial charge in [-0.15, -0.1) is 11.8 Å². The maximum Gasteiger partial charge on any atom is 0.327 e. The highest BCUT2D eigenvalue weighted by Crippen LogP contribution is 2.31. The van der Waals surface area contributed by atoms with Crippen LogP contribution in [0.15, 0.2) is 0 Å². The predicted molar refractivity (Wildman–Crippen MR) is 81.1 cm³/mol. The zero-order valence-electron chi connectivity index (χ0n) is 12.8. The van der Waals surface area contributed by atoms with Crippen molar-refractivity contribution in [3.05, 3.63) is 0 Å². The lowest BCUT2D eigenvalue weighted by molar-refractivity contribution is -0.141. The SMILES string of the molecule is CCC1SCC(C(=O)O)N1C(=O)NCC(=O)NC(C)(C)C. The summed E-state index contributed by atoms with van der Waals surface area (Å²) in [5, 5.41) is 14.2. The van der Waals surface area contributed by atoms with Crippen LogP contribution in [-0.2, 0) is 9.59 Å². The molecule has 0 aromatic carbocycles. The van der Waals surface area contributed by atoms with Crippen LogP contribution in [-0.4, -0.2) is 57.2 Å². The Balaban J connectivity index is 2.60. The van der Waals surface area contributed by atoms with E-state index in [0.29, 0.717) is 12.2 Å². The number of amides is 3. The van der Waals surface area contributed by atoms with Crippen molar-refractivity contribution >= 4 is 29.7 Å². The van der Waals surface area contributed by atoms with Gasteiger partial charge in [0.1, 0.15) is 6.04 Å². The van der Waals surface area contributed by atoms with Crippen LogP contribution in [0, 0.1) is 0 Å². The molecule has 0 bridgehead atoms. The number of hydrogen-bond acceptors (Lipinski definition) is 4. The summed E-state index contributed by atoms with van der Waals surface area (Å²) in [5.74, 6) is -0.953. The Morgan fingerprint density at radius 1 is 1.33 bits per heavy atom. The monoisotopic (exact) mass is 317 g/mol. The fraction of sp³-hybridized carbons (Fsp3) is 0.769. The maximum absolute atomic E-state index is 12.2. The quantitative estimate of drug-likeness (QED) is 0.714. The number of hydrogen-bond donors (Lipinski definition) is 3. The molecule has 0 saturated carbocycles. The Kier molecular flexibility index (Phi) is 5.88. The van der Waals surface area contributed by atoms with Crippen LogP contribution in [0.4, 0.5) is 4.79 Å². The minimum Gasteiger partial charge on any atom is -0.480 e. The van der Waals surface area contributed by atoms with Crippen LogP contribution in [0.2, 0.25) is 0 Å². The van der Waals surface area contributed by atoms with Crippen LogP contribution < -0.4 is 10.6 Å². The van der Waals surface area contributed by atoms with E-state index < -0.39 is 18.0 Å². The first kappa shape index (κ1) is 17.6. The molecule has 1 rings (SSSR count). The van der Waals surface area contributed by atoms with Crippen molar-refractivity contribution in [2.75, 3.05) is 12.3 Å². The van der Waals surface area contributed by atoms with E-state index >= 15 is 0 Å². The highest BCUT2D eigenvalue weighted by molar-refractivity contribution is 8.00. The number of aliphatic carboxylic acids is 1. The third kappa shape index (κ3) is 5.11. The number of rotatable bonds is 4. The van der Waals surface area contributed by atoms with Gasteiger partial charge in [0.25, 0.3) is 0 Å². The van der Waals surface area contributed by atoms with Crippen molar-refractivity contribution in [1.82, 2.24) is 15.5 Å². The Hall–Kier alpha value is -1.44. The average molecular weight is 317 g/mol. The van der Waals surface area contributed by atoms with Gasteiger partial charge in [-0.2, -0.15) is 0 Å². The van der Waals surface area contributed by atoms with Crippen LogP contribution in [0.3, 0.4) is 0 Å². The van der Waals surface area contributed by atoms with Gasteiger partial charge in [0.2, 0.25) is 5.91 Å². The molecule has 1 aliphatic rings. The summed E-state index contributed by atoms with van der Waals surface area (Å²) in [6.45, 7) is 7.26. The first-order valence-corrected chi connectivity index (χ1v) is 7.92. The largest absolute Gasteiger partial charge is 0.480 e. The van der Waals surface area contributed by atoms with Gasteiger partial charge < -0.3 is 15.7 Å². The number of carboxylic acid groups (broad SMARTS) is 1. The summed E-state index contributed by atoms with van der Waals surface area (Å²) < 4.78 is 0. The molecule has 1 fully saturated rings. The van der Waals surface area contributed by atoms with Crippen LogP contribution in [0.5, 0.6) is 0 Å². The predicted octanol–water partition coefficient (Wildman–Crippen LogP) is 0.849. The molecular weight excluding hydrogens is 294 g/mol. The highest BCUT2D eigenvalue weighted by atomic mass is 32.2. The van der Waals surface area contributed by atoms with Gasteiger partial charge in [-0.05, 0) is 27.2 Å². The molecule has 3 N–H and O–H groups in total. The van der Waals surface area contributed by atoms with Crippen molar-refractivity contribution < 1.29 is 19.5 Å². The number of carboxylic acids is 1. The summed E-state index contributed by atoms with van der Waals surface area (Å²) in [6.07, 6.45) is 0.663. The van der Waals surface area contributed by atoms with Crippen LogP contribution in [0.1, 0.15) is 34.1 Å². The number of nitrogens with zero attached hydrogens (tertiary/aromatic N) is 1.